The van der Waals surface area contributed by atoms with Gasteiger partial charge in [-0.15, -0.1) is 0 Å². The molecule has 0 saturated carbocycles. The third-order valence-electron chi connectivity index (χ3n) is 0.833. The zero-order valence-corrected chi connectivity index (χ0v) is 6.07. The molecule has 1 rings (SSSR count). The number of halogens is 2. The van der Waals surface area contributed by atoms with Crippen molar-refractivity contribution in [2.24, 2.45) is 0 Å². The monoisotopic (exact) mass is 180 g/mol. The van der Waals surface area contributed by atoms with Crippen LogP contribution in [0.25, 0.3) is 0 Å². The van der Waals surface area contributed by atoms with Gasteiger partial charge >= 0.3 is 5.97 Å². The summed E-state index contributed by atoms with van der Waals surface area (Å²) in [5.41, 5.74) is -0.258. The predicted molar refractivity (Wildman–Crippen MR) is 35.6 cm³/mol. The fourth-order valence-corrected chi connectivity index (χ4v) is 0.907. The van der Waals surface area contributed by atoms with E-state index in [1.54, 1.807) is 0 Å². The van der Waals surface area contributed by atoms with Crippen LogP contribution in [0, 0.1) is 0 Å². The SMILES string of the molecule is O=C(O)c1nc(Cl)[nH]c1Cl. The quantitative estimate of drug-likeness (QED) is 0.688. The molecular weight excluding hydrogens is 179 g/mol. The lowest BCUT2D eigenvalue weighted by atomic mass is 10.5. The van der Waals surface area contributed by atoms with Crippen molar-refractivity contribution in [1.29, 1.82) is 0 Å². The minimum absolute atomic E-state index is 0.0256. The Morgan fingerprint density at radius 1 is 1.60 bits per heavy atom. The Bertz CT molecular complexity index is 270. The van der Waals surface area contributed by atoms with Gasteiger partial charge < -0.3 is 10.1 Å². The Balaban J connectivity index is 3.15. The number of imidazole rings is 1. The number of carbonyl (C=O) groups is 1. The van der Waals surface area contributed by atoms with Crippen LogP contribution in [0.5, 0.6) is 0 Å². The average Bonchev–Trinajstić information content (AvgIpc) is 2.10. The van der Waals surface area contributed by atoms with Gasteiger partial charge in [0.25, 0.3) is 0 Å². The molecule has 0 radical (unpaired) electrons. The van der Waals surface area contributed by atoms with Crippen LogP contribution in [0.4, 0.5) is 0 Å². The molecule has 0 atom stereocenters. The minimum atomic E-state index is -1.20. The topological polar surface area (TPSA) is 66.0 Å². The first-order valence-corrected chi connectivity index (χ1v) is 3.01. The van der Waals surface area contributed by atoms with Gasteiger partial charge in [-0.05, 0) is 11.6 Å². The van der Waals surface area contributed by atoms with E-state index < -0.39 is 5.97 Å². The maximum Gasteiger partial charge on any atom is 0.357 e. The maximum absolute atomic E-state index is 10.2. The van der Waals surface area contributed by atoms with E-state index in [1.165, 1.54) is 0 Å². The van der Waals surface area contributed by atoms with Crippen LogP contribution >= 0.6 is 23.2 Å². The van der Waals surface area contributed by atoms with Gasteiger partial charge in [-0.1, -0.05) is 11.6 Å². The fraction of sp³-hybridized carbons (Fsp3) is 0. The first-order valence-electron chi connectivity index (χ1n) is 2.25. The molecule has 0 bridgehead atoms. The van der Waals surface area contributed by atoms with Crippen molar-refractivity contribution in [3.8, 4) is 0 Å². The van der Waals surface area contributed by atoms with Crippen LogP contribution in [0.2, 0.25) is 10.4 Å². The van der Waals surface area contributed by atoms with E-state index in [4.69, 9.17) is 28.3 Å². The van der Waals surface area contributed by atoms with Crippen molar-refractivity contribution in [1.82, 2.24) is 9.97 Å². The molecule has 0 amide bonds. The summed E-state index contributed by atoms with van der Waals surface area (Å²) in [6.07, 6.45) is 0. The molecule has 0 aliphatic heterocycles. The molecule has 6 heteroatoms. The third kappa shape index (κ3) is 1.22. The van der Waals surface area contributed by atoms with Gasteiger partial charge in [0.05, 0.1) is 0 Å². The number of aromatic carboxylic acids is 1. The van der Waals surface area contributed by atoms with Crippen molar-refractivity contribution in [3.05, 3.63) is 16.1 Å². The standard InChI is InChI=1S/C4H2Cl2N2O2/c5-2-1(3(9)10)7-4(6)8-2/h(H,7,8)(H,9,10). The Morgan fingerprint density at radius 3 is 2.40 bits per heavy atom. The lowest BCUT2D eigenvalue weighted by Gasteiger charge is -1.82. The normalized spacial score (nSPS) is 9.80. The van der Waals surface area contributed by atoms with Gasteiger partial charge in [-0.2, -0.15) is 0 Å². The number of H-pyrrole nitrogens is 1. The molecule has 1 aromatic heterocycles. The number of aromatic amines is 1. The van der Waals surface area contributed by atoms with Crippen molar-refractivity contribution in [2.45, 2.75) is 0 Å². The molecule has 1 aromatic rings. The highest BCUT2D eigenvalue weighted by atomic mass is 35.5. The fourth-order valence-electron chi connectivity index (χ4n) is 0.467. The van der Waals surface area contributed by atoms with Crippen LogP contribution in [-0.4, -0.2) is 21.0 Å². The van der Waals surface area contributed by atoms with Crippen LogP contribution in [-0.2, 0) is 0 Å². The summed E-state index contributed by atoms with van der Waals surface area (Å²) in [6.45, 7) is 0. The van der Waals surface area contributed by atoms with E-state index in [0.29, 0.717) is 0 Å². The predicted octanol–water partition coefficient (Wildman–Crippen LogP) is 1.41. The van der Waals surface area contributed by atoms with Crippen molar-refractivity contribution < 1.29 is 9.90 Å². The maximum atomic E-state index is 10.2. The molecule has 0 aliphatic carbocycles. The van der Waals surface area contributed by atoms with Gasteiger partial charge in [-0.25, -0.2) is 9.78 Å². The Kier molecular flexibility index (Phi) is 1.82. The van der Waals surface area contributed by atoms with Gasteiger partial charge in [0.15, 0.2) is 5.69 Å². The molecule has 54 valence electrons. The van der Waals surface area contributed by atoms with E-state index in [-0.39, 0.29) is 16.1 Å². The first kappa shape index (κ1) is 7.37. The van der Waals surface area contributed by atoms with Crippen LogP contribution < -0.4 is 0 Å². The summed E-state index contributed by atoms with van der Waals surface area (Å²) in [6, 6.07) is 0. The number of rotatable bonds is 1. The second kappa shape index (κ2) is 2.48. The van der Waals surface area contributed by atoms with Crippen molar-refractivity contribution in [3.63, 3.8) is 0 Å². The largest absolute Gasteiger partial charge is 0.476 e. The molecule has 0 unspecified atom stereocenters. The number of nitrogens with zero attached hydrogens (tertiary/aromatic N) is 1. The summed E-state index contributed by atoms with van der Waals surface area (Å²) in [7, 11) is 0. The van der Waals surface area contributed by atoms with Crippen molar-refractivity contribution >= 4 is 29.2 Å². The lowest BCUT2D eigenvalue weighted by Crippen LogP contribution is -1.96. The Morgan fingerprint density at radius 2 is 2.20 bits per heavy atom. The van der Waals surface area contributed by atoms with Crippen LogP contribution in [0.3, 0.4) is 0 Å². The number of hydrogen-bond donors (Lipinski definition) is 2. The molecule has 0 spiro atoms. The Hall–Kier alpha value is -0.740. The second-order valence-electron chi connectivity index (χ2n) is 1.50. The summed E-state index contributed by atoms with van der Waals surface area (Å²) in [5.74, 6) is -1.20. The van der Waals surface area contributed by atoms with Crippen LogP contribution in [0.1, 0.15) is 10.5 Å². The molecule has 4 nitrogen and oxygen atoms in total. The summed E-state index contributed by atoms with van der Waals surface area (Å²) in [4.78, 5) is 15.9. The lowest BCUT2D eigenvalue weighted by molar-refractivity contribution is 0.0691. The molecule has 2 N–H and O–H groups in total. The first-order chi connectivity index (χ1) is 4.61. The summed E-state index contributed by atoms with van der Waals surface area (Å²) in [5, 5.41) is 8.27. The number of hydrogen-bond acceptors (Lipinski definition) is 2. The number of carboxylic acid groups (broad SMARTS) is 1. The average molecular weight is 181 g/mol. The Labute approximate surface area is 65.8 Å². The van der Waals surface area contributed by atoms with E-state index >= 15 is 0 Å². The van der Waals surface area contributed by atoms with Crippen molar-refractivity contribution in [2.75, 3.05) is 0 Å². The number of aromatic nitrogens is 2. The summed E-state index contributed by atoms with van der Waals surface area (Å²) >= 11 is 10.7. The zero-order chi connectivity index (χ0) is 7.72. The zero-order valence-electron chi connectivity index (χ0n) is 4.56. The number of carboxylic acids is 1. The highest BCUT2D eigenvalue weighted by Gasteiger charge is 2.13. The smallest absolute Gasteiger partial charge is 0.357 e. The van der Waals surface area contributed by atoms with E-state index in [0.717, 1.165) is 0 Å². The molecule has 0 fully saturated rings. The highest BCUT2D eigenvalue weighted by molar-refractivity contribution is 6.34. The third-order valence-corrected chi connectivity index (χ3v) is 1.29. The molecule has 10 heavy (non-hydrogen) atoms. The van der Waals surface area contributed by atoms with Gasteiger partial charge in [0, 0.05) is 0 Å². The molecule has 1 heterocycles. The van der Waals surface area contributed by atoms with E-state index in [2.05, 4.69) is 9.97 Å². The minimum Gasteiger partial charge on any atom is -0.476 e. The molecule has 0 aliphatic rings. The molecular formula is C4H2Cl2N2O2. The van der Waals surface area contributed by atoms with E-state index in [1.807, 2.05) is 0 Å². The second-order valence-corrected chi connectivity index (χ2v) is 2.23. The molecule has 0 aromatic carbocycles. The van der Waals surface area contributed by atoms with Crippen LogP contribution in [0.15, 0.2) is 0 Å². The molecule has 0 saturated heterocycles. The van der Waals surface area contributed by atoms with E-state index in [9.17, 15) is 4.79 Å². The van der Waals surface area contributed by atoms with Gasteiger partial charge in [0.1, 0.15) is 5.15 Å². The summed E-state index contributed by atoms with van der Waals surface area (Å²) < 4.78 is 0. The van der Waals surface area contributed by atoms with Gasteiger partial charge in [0.2, 0.25) is 5.28 Å². The highest BCUT2D eigenvalue weighted by Crippen LogP contribution is 2.14. The number of nitrogens with one attached hydrogen (secondary N) is 1. The van der Waals surface area contributed by atoms with Gasteiger partial charge in [-0.3, -0.25) is 0 Å².